The van der Waals surface area contributed by atoms with Gasteiger partial charge in [-0.3, -0.25) is 4.79 Å². The fourth-order valence-corrected chi connectivity index (χ4v) is 4.67. The van der Waals surface area contributed by atoms with Gasteiger partial charge in [0.05, 0.1) is 26.2 Å². The molecule has 1 aliphatic rings. The lowest BCUT2D eigenvalue weighted by molar-refractivity contribution is -0.142. The molecule has 6 nitrogen and oxygen atoms in total. The molecule has 0 bridgehead atoms. The molecule has 0 aliphatic heterocycles. The summed E-state index contributed by atoms with van der Waals surface area (Å²) in [7, 11) is -1.84. The third kappa shape index (κ3) is 4.84. The van der Waals surface area contributed by atoms with E-state index in [9.17, 15) is 26.4 Å². The second-order valence-electron chi connectivity index (χ2n) is 6.76. The Hall–Kier alpha value is -1.65. The molecule has 1 aromatic rings. The average molecular weight is 423 g/mol. The monoisotopic (exact) mass is 423 g/mol. The van der Waals surface area contributed by atoms with Crippen LogP contribution in [-0.2, 0) is 24.3 Å². The predicted octanol–water partition coefficient (Wildman–Crippen LogP) is 2.92. The molecule has 0 amide bonds. The van der Waals surface area contributed by atoms with Crippen LogP contribution in [0, 0.1) is 24.4 Å². The zero-order chi connectivity index (χ0) is 21.1. The van der Waals surface area contributed by atoms with Crippen molar-refractivity contribution in [3.05, 3.63) is 29.1 Å². The van der Waals surface area contributed by atoms with Gasteiger partial charge in [-0.1, -0.05) is 0 Å². The molecule has 0 aromatic heterocycles. The fourth-order valence-electron chi connectivity index (χ4n) is 3.19. The van der Waals surface area contributed by atoms with Crippen molar-refractivity contribution in [3.63, 3.8) is 0 Å². The van der Waals surface area contributed by atoms with Crippen LogP contribution < -0.4 is 0 Å². The Bertz CT molecular complexity index is 823. The van der Waals surface area contributed by atoms with Gasteiger partial charge in [-0.15, -0.1) is 0 Å². The molecule has 0 radical (unpaired) electrons. The van der Waals surface area contributed by atoms with Crippen molar-refractivity contribution in [2.75, 3.05) is 20.8 Å². The van der Waals surface area contributed by atoms with Crippen LogP contribution in [0.1, 0.15) is 37.7 Å². The minimum Gasteiger partial charge on any atom is -0.469 e. The van der Waals surface area contributed by atoms with Gasteiger partial charge in [-0.25, -0.2) is 21.6 Å². The van der Waals surface area contributed by atoms with Crippen molar-refractivity contribution in [3.8, 4) is 0 Å². The van der Waals surface area contributed by atoms with Gasteiger partial charge in [0, 0.05) is 18.7 Å². The minimum atomic E-state index is -4.40. The van der Waals surface area contributed by atoms with E-state index < -0.39 is 44.0 Å². The molecule has 158 valence electrons. The second-order valence-corrected chi connectivity index (χ2v) is 8.72. The normalized spacial score (nSPS) is 20.4. The summed E-state index contributed by atoms with van der Waals surface area (Å²) in [6, 6.07) is 0.0681. The van der Waals surface area contributed by atoms with E-state index in [0.29, 0.717) is 31.7 Å². The topological polar surface area (TPSA) is 72.9 Å². The Morgan fingerprint density at radius 3 is 2.36 bits per heavy atom. The van der Waals surface area contributed by atoms with E-state index in [2.05, 4.69) is 4.74 Å². The number of hydrogen-bond acceptors (Lipinski definition) is 5. The summed E-state index contributed by atoms with van der Waals surface area (Å²) >= 11 is 0. The smallest absolute Gasteiger partial charge is 0.307 e. The first kappa shape index (κ1) is 22.6. The van der Waals surface area contributed by atoms with Crippen LogP contribution in [0.5, 0.6) is 0 Å². The maximum atomic E-state index is 14.2. The number of hydrogen-bond donors (Lipinski definition) is 0. The number of carbonyl (C=O) groups excluding carboxylic acids is 1. The molecule has 0 spiro atoms. The average Bonchev–Trinajstić information content (AvgIpc) is 2.68. The first-order valence-electron chi connectivity index (χ1n) is 8.90. The molecule has 28 heavy (non-hydrogen) atoms. The number of rotatable bonds is 7. The molecule has 1 aromatic carbocycles. The molecule has 0 heterocycles. The summed E-state index contributed by atoms with van der Waals surface area (Å²) in [4.78, 5) is 10.1. The quantitative estimate of drug-likeness (QED) is 0.498. The Balaban J connectivity index is 2.03. The molecule has 0 unspecified atom stereocenters. The SMILES string of the molecule is COC(=O)CCOC1CCC(N(C)S(=O)(=O)c2cc(F)c(C)c(F)c2F)CC1. The number of halogens is 3. The van der Waals surface area contributed by atoms with Gasteiger partial charge in [-0.05, 0) is 38.7 Å². The van der Waals surface area contributed by atoms with Crippen molar-refractivity contribution in [1.82, 2.24) is 4.31 Å². The van der Waals surface area contributed by atoms with Crippen LogP contribution in [0.2, 0.25) is 0 Å². The Kier molecular flexibility index (Phi) is 7.46. The van der Waals surface area contributed by atoms with Gasteiger partial charge in [-0.2, -0.15) is 4.31 Å². The molecule has 1 saturated carbocycles. The van der Waals surface area contributed by atoms with Crippen molar-refractivity contribution in [1.29, 1.82) is 0 Å². The highest BCUT2D eigenvalue weighted by atomic mass is 32.2. The number of methoxy groups -OCH3 is 1. The molecule has 0 N–H and O–H groups in total. The Morgan fingerprint density at radius 1 is 1.18 bits per heavy atom. The molecule has 0 saturated heterocycles. The van der Waals surface area contributed by atoms with Gasteiger partial charge in [0.2, 0.25) is 10.0 Å². The summed E-state index contributed by atoms with van der Waals surface area (Å²) in [6.07, 6.45) is 1.99. The molecular weight excluding hydrogens is 399 g/mol. The van der Waals surface area contributed by atoms with Gasteiger partial charge in [0.15, 0.2) is 11.6 Å². The molecule has 1 fully saturated rings. The lowest BCUT2D eigenvalue weighted by Crippen LogP contribution is -2.41. The van der Waals surface area contributed by atoms with E-state index in [1.165, 1.54) is 14.2 Å². The van der Waals surface area contributed by atoms with Crippen LogP contribution in [0.15, 0.2) is 11.0 Å². The zero-order valence-electron chi connectivity index (χ0n) is 16.0. The third-order valence-electron chi connectivity index (χ3n) is 5.06. The number of benzene rings is 1. The van der Waals surface area contributed by atoms with Crippen LogP contribution in [0.4, 0.5) is 13.2 Å². The van der Waals surface area contributed by atoms with Crippen LogP contribution in [0.25, 0.3) is 0 Å². The van der Waals surface area contributed by atoms with Crippen LogP contribution >= 0.6 is 0 Å². The largest absolute Gasteiger partial charge is 0.469 e. The maximum absolute atomic E-state index is 14.2. The summed E-state index contributed by atoms with van der Waals surface area (Å²) in [6.45, 7) is 1.25. The van der Waals surface area contributed by atoms with E-state index >= 15 is 0 Å². The molecular formula is C18H24F3NO5S. The number of sulfonamides is 1. The maximum Gasteiger partial charge on any atom is 0.307 e. The zero-order valence-corrected chi connectivity index (χ0v) is 16.8. The molecule has 1 aliphatic carbocycles. The van der Waals surface area contributed by atoms with Gasteiger partial charge in [0.25, 0.3) is 0 Å². The van der Waals surface area contributed by atoms with Gasteiger partial charge < -0.3 is 9.47 Å². The van der Waals surface area contributed by atoms with E-state index in [1.807, 2.05) is 0 Å². The van der Waals surface area contributed by atoms with Gasteiger partial charge in [0.1, 0.15) is 10.7 Å². The summed E-state index contributed by atoms with van der Waals surface area (Å²) < 4.78 is 78.2. The summed E-state index contributed by atoms with van der Waals surface area (Å²) in [5.74, 6) is -4.58. The number of nitrogens with zero attached hydrogens (tertiary/aromatic N) is 1. The molecule has 0 atom stereocenters. The highest BCUT2D eigenvalue weighted by Crippen LogP contribution is 2.30. The first-order chi connectivity index (χ1) is 13.1. The van der Waals surface area contributed by atoms with Crippen molar-refractivity contribution in [2.24, 2.45) is 0 Å². The summed E-state index contributed by atoms with van der Waals surface area (Å²) in [5, 5.41) is 0. The third-order valence-corrected chi connectivity index (χ3v) is 6.97. The highest BCUT2D eigenvalue weighted by Gasteiger charge is 2.35. The Labute approximate surface area is 162 Å². The second kappa shape index (κ2) is 9.23. The van der Waals surface area contributed by atoms with Crippen LogP contribution in [0.3, 0.4) is 0 Å². The summed E-state index contributed by atoms with van der Waals surface area (Å²) in [5.41, 5.74) is -0.566. The predicted molar refractivity (Wildman–Crippen MR) is 94.6 cm³/mol. The van der Waals surface area contributed by atoms with Crippen LogP contribution in [-0.4, -0.2) is 51.6 Å². The minimum absolute atomic E-state index is 0.122. The van der Waals surface area contributed by atoms with E-state index in [0.717, 1.165) is 11.2 Å². The lowest BCUT2D eigenvalue weighted by atomic mass is 9.93. The van der Waals surface area contributed by atoms with Gasteiger partial charge >= 0.3 is 5.97 Å². The number of esters is 1. The number of carbonyl (C=O) groups is 1. The standard InChI is InChI=1S/C18H24F3NO5S/c1-11-14(19)10-15(18(21)17(11)20)28(24,25)22(2)12-4-6-13(7-5-12)27-9-8-16(23)26-3/h10,12-13H,4-9H2,1-3H3. The van der Waals surface area contributed by atoms with Crippen molar-refractivity contribution < 1.29 is 35.9 Å². The van der Waals surface area contributed by atoms with Crippen molar-refractivity contribution in [2.45, 2.75) is 56.1 Å². The molecule has 10 heteroatoms. The first-order valence-corrected chi connectivity index (χ1v) is 10.3. The van der Waals surface area contributed by atoms with Crippen molar-refractivity contribution >= 4 is 16.0 Å². The lowest BCUT2D eigenvalue weighted by Gasteiger charge is -2.34. The van der Waals surface area contributed by atoms with E-state index in [1.54, 1.807) is 0 Å². The van der Waals surface area contributed by atoms with E-state index in [4.69, 9.17) is 4.74 Å². The van der Waals surface area contributed by atoms with E-state index in [-0.39, 0.29) is 25.1 Å². The molecule has 2 rings (SSSR count). The fraction of sp³-hybridized carbons (Fsp3) is 0.611. The Morgan fingerprint density at radius 2 is 1.79 bits per heavy atom. The highest BCUT2D eigenvalue weighted by molar-refractivity contribution is 7.89. The number of ether oxygens (including phenoxy) is 2.